The highest BCUT2D eigenvalue weighted by atomic mass is 79.9. The van der Waals surface area contributed by atoms with E-state index in [2.05, 4.69) is 39.4 Å². The maximum absolute atomic E-state index is 14.3. The van der Waals surface area contributed by atoms with Crippen molar-refractivity contribution in [2.24, 2.45) is 0 Å². The quantitative estimate of drug-likeness (QED) is 0.804. The Morgan fingerprint density at radius 1 is 1.14 bits per heavy atom. The third kappa shape index (κ3) is 2.77. The molecule has 0 spiro atoms. The van der Waals surface area contributed by atoms with Crippen LogP contribution in [0.2, 0.25) is 0 Å². The summed E-state index contributed by atoms with van der Waals surface area (Å²) in [4.78, 5) is 0. The summed E-state index contributed by atoms with van der Waals surface area (Å²) in [5.74, 6) is 0.453. The predicted molar refractivity (Wildman–Crippen MR) is 88.0 cm³/mol. The molecule has 2 aromatic carbocycles. The van der Waals surface area contributed by atoms with Crippen LogP contribution in [0.1, 0.15) is 47.9 Å². The highest BCUT2D eigenvalue weighted by molar-refractivity contribution is 9.10. The van der Waals surface area contributed by atoms with Gasteiger partial charge >= 0.3 is 0 Å². The van der Waals surface area contributed by atoms with Gasteiger partial charge in [0.25, 0.3) is 0 Å². The minimum atomic E-state index is -0.174. The smallest absolute Gasteiger partial charge is 0.129 e. The van der Waals surface area contributed by atoms with Crippen molar-refractivity contribution in [1.29, 1.82) is 0 Å². The van der Waals surface area contributed by atoms with Crippen LogP contribution in [0.4, 0.5) is 4.39 Å². The molecule has 1 nitrogen and oxygen atoms in total. The van der Waals surface area contributed by atoms with E-state index in [4.69, 9.17) is 0 Å². The normalized spacial score (nSPS) is 16.5. The van der Waals surface area contributed by atoms with Crippen molar-refractivity contribution in [3.63, 3.8) is 0 Å². The molecule has 0 aliphatic heterocycles. The molecule has 21 heavy (non-hydrogen) atoms. The maximum atomic E-state index is 14.3. The summed E-state index contributed by atoms with van der Waals surface area (Å²) in [6.45, 7) is 0. The first-order valence-corrected chi connectivity index (χ1v) is 8.21. The predicted octanol–water partition coefficient (Wildman–Crippen LogP) is 5.16. The molecule has 0 heterocycles. The molecule has 1 fully saturated rings. The number of halogens is 2. The Hall–Kier alpha value is -1.19. The molecule has 1 unspecified atom stereocenters. The molecule has 0 bridgehead atoms. The van der Waals surface area contributed by atoms with E-state index in [1.54, 1.807) is 6.07 Å². The third-order valence-electron chi connectivity index (χ3n) is 4.43. The monoisotopic (exact) mass is 347 g/mol. The minimum absolute atomic E-state index is 0.127. The molecule has 1 aliphatic rings. The Bertz CT molecular complexity index is 617. The first-order valence-electron chi connectivity index (χ1n) is 7.42. The fraction of sp³-hybridized carbons (Fsp3) is 0.333. The van der Waals surface area contributed by atoms with Gasteiger partial charge in [-0.05, 0) is 49.1 Å². The molecule has 0 radical (unpaired) electrons. The lowest BCUT2D eigenvalue weighted by Crippen LogP contribution is -2.23. The zero-order chi connectivity index (χ0) is 14.8. The van der Waals surface area contributed by atoms with Crippen molar-refractivity contribution in [3.8, 4) is 0 Å². The summed E-state index contributed by atoms with van der Waals surface area (Å²) in [7, 11) is 1.89. The highest BCUT2D eigenvalue weighted by Gasteiger charge is 2.27. The van der Waals surface area contributed by atoms with Crippen molar-refractivity contribution in [1.82, 2.24) is 5.32 Å². The second kappa shape index (κ2) is 6.29. The molecule has 1 N–H and O–H groups in total. The minimum Gasteiger partial charge on any atom is -0.309 e. The molecule has 3 heteroatoms. The lowest BCUT2D eigenvalue weighted by atomic mass is 9.76. The molecule has 2 aromatic rings. The topological polar surface area (TPSA) is 12.0 Å². The van der Waals surface area contributed by atoms with Crippen molar-refractivity contribution in [2.45, 2.75) is 31.2 Å². The molecule has 1 aliphatic carbocycles. The van der Waals surface area contributed by atoms with Crippen LogP contribution < -0.4 is 5.32 Å². The van der Waals surface area contributed by atoms with Crippen LogP contribution in [0.25, 0.3) is 0 Å². The van der Waals surface area contributed by atoms with Crippen molar-refractivity contribution < 1.29 is 4.39 Å². The van der Waals surface area contributed by atoms with E-state index in [-0.39, 0.29) is 11.9 Å². The van der Waals surface area contributed by atoms with Gasteiger partial charge in [-0.25, -0.2) is 4.39 Å². The molecular weight excluding hydrogens is 329 g/mol. The first-order chi connectivity index (χ1) is 10.2. The third-order valence-corrected chi connectivity index (χ3v) is 5.12. The Kier molecular flexibility index (Phi) is 4.41. The van der Waals surface area contributed by atoms with Crippen LogP contribution >= 0.6 is 15.9 Å². The van der Waals surface area contributed by atoms with Gasteiger partial charge in [0, 0.05) is 10.0 Å². The van der Waals surface area contributed by atoms with Gasteiger partial charge in [0.15, 0.2) is 0 Å². The number of hydrogen-bond acceptors (Lipinski definition) is 1. The fourth-order valence-corrected chi connectivity index (χ4v) is 3.68. The van der Waals surface area contributed by atoms with E-state index in [1.807, 2.05) is 19.2 Å². The van der Waals surface area contributed by atoms with E-state index in [9.17, 15) is 4.39 Å². The number of benzene rings is 2. The summed E-state index contributed by atoms with van der Waals surface area (Å²) >= 11 is 3.50. The van der Waals surface area contributed by atoms with Gasteiger partial charge in [-0.3, -0.25) is 0 Å². The van der Waals surface area contributed by atoms with Crippen molar-refractivity contribution >= 4 is 15.9 Å². The first kappa shape index (κ1) is 14.7. The van der Waals surface area contributed by atoms with Crippen LogP contribution in [0, 0.1) is 5.82 Å². The summed E-state index contributed by atoms with van der Waals surface area (Å²) < 4.78 is 15.1. The molecule has 110 valence electrons. The molecule has 0 saturated heterocycles. The molecule has 3 rings (SSSR count). The zero-order valence-corrected chi connectivity index (χ0v) is 13.7. The van der Waals surface area contributed by atoms with Gasteiger partial charge in [0.05, 0.1) is 6.04 Å². The molecule has 0 amide bonds. The SMILES string of the molecule is CNC(c1ccccc1C1CCC1)c1c(F)cccc1Br. The summed E-state index contributed by atoms with van der Waals surface area (Å²) in [6, 6.07) is 13.5. The van der Waals surface area contributed by atoms with E-state index >= 15 is 0 Å². The summed E-state index contributed by atoms with van der Waals surface area (Å²) in [5.41, 5.74) is 3.24. The van der Waals surface area contributed by atoms with E-state index < -0.39 is 0 Å². The molecule has 0 aromatic heterocycles. The highest BCUT2D eigenvalue weighted by Crippen LogP contribution is 2.41. The van der Waals surface area contributed by atoms with Crippen LogP contribution in [-0.2, 0) is 0 Å². The van der Waals surface area contributed by atoms with Crippen LogP contribution in [0.5, 0.6) is 0 Å². The number of hydrogen-bond donors (Lipinski definition) is 1. The number of nitrogens with one attached hydrogen (secondary N) is 1. The lowest BCUT2D eigenvalue weighted by molar-refractivity contribution is 0.414. The second-order valence-electron chi connectivity index (χ2n) is 5.61. The Morgan fingerprint density at radius 2 is 1.90 bits per heavy atom. The average Bonchev–Trinajstić information content (AvgIpc) is 2.42. The van der Waals surface area contributed by atoms with Gasteiger partial charge in [-0.1, -0.05) is 52.7 Å². The standard InChI is InChI=1S/C18H19BrFN/c1-21-18(17-15(19)10-5-11-16(17)20)14-9-3-2-8-13(14)12-6-4-7-12/h2-3,5,8-12,18,21H,4,6-7H2,1H3. The molecular formula is C18H19BrFN. The Labute approximate surface area is 133 Å². The summed E-state index contributed by atoms with van der Waals surface area (Å²) in [6.07, 6.45) is 3.78. The zero-order valence-electron chi connectivity index (χ0n) is 12.1. The second-order valence-corrected chi connectivity index (χ2v) is 6.47. The average molecular weight is 348 g/mol. The summed E-state index contributed by atoms with van der Waals surface area (Å²) in [5, 5.41) is 3.29. The van der Waals surface area contributed by atoms with E-state index in [0.29, 0.717) is 11.5 Å². The maximum Gasteiger partial charge on any atom is 0.129 e. The largest absolute Gasteiger partial charge is 0.309 e. The van der Waals surface area contributed by atoms with Crippen LogP contribution in [-0.4, -0.2) is 7.05 Å². The van der Waals surface area contributed by atoms with Gasteiger partial charge < -0.3 is 5.32 Å². The molecule has 1 saturated carbocycles. The number of rotatable bonds is 4. The molecule has 1 atom stereocenters. The van der Waals surface area contributed by atoms with Gasteiger partial charge in [0.2, 0.25) is 0 Å². The van der Waals surface area contributed by atoms with E-state index in [0.717, 1.165) is 4.47 Å². The van der Waals surface area contributed by atoms with Crippen molar-refractivity contribution in [2.75, 3.05) is 7.05 Å². The van der Waals surface area contributed by atoms with Crippen LogP contribution in [0.3, 0.4) is 0 Å². The Balaban J connectivity index is 2.08. The Morgan fingerprint density at radius 3 is 2.52 bits per heavy atom. The van der Waals surface area contributed by atoms with E-state index in [1.165, 1.54) is 36.5 Å². The van der Waals surface area contributed by atoms with Gasteiger partial charge in [-0.2, -0.15) is 0 Å². The fourth-order valence-electron chi connectivity index (χ4n) is 3.11. The van der Waals surface area contributed by atoms with Crippen molar-refractivity contribution in [3.05, 3.63) is 69.4 Å². The van der Waals surface area contributed by atoms with Crippen LogP contribution in [0.15, 0.2) is 46.9 Å². The van der Waals surface area contributed by atoms with Gasteiger partial charge in [0.1, 0.15) is 5.82 Å². The lowest BCUT2D eigenvalue weighted by Gasteiger charge is -2.31. The van der Waals surface area contributed by atoms with Gasteiger partial charge in [-0.15, -0.1) is 0 Å².